The monoisotopic (exact) mass is 1350 g/mol. The van der Waals surface area contributed by atoms with E-state index in [-0.39, 0.29) is 36.1 Å². The standard InChI is InChI=1S/C44H40N16O15P2S8/c1-5-73-51-25(33(61)47-27-35(63)59-29(39(65)66)23(17-78-37(27)59)82-43-45-21(15-80-43)19-7-11-57(3)12-8-19)31-49-41(84-55-31)53-76(69,70)75-77(71,72)54-42-50-32(56-85-42)26(52-74-6-2)34(62)48-28-36(64)60-30(40(67)68)24(18-79-38(28)60)83-44-46-22(16-81-44)20-9-13-58(4)14-10-20/h7-16,27-28,37-38H,5-6,17-18H2,1-4H3,(H6-2,47,48,49,50,53,54,55,56,61,62,65,66,67,68,69,70,71,72)/b51-25-,52-26-/t27-,28-,37-,38-/m1/s1. The molecule has 4 aliphatic heterocycles. The van der Waals surface area contributed by atoms with Gasteiger partial charge in [-0.2, -0.15) is 23.0 Å². The van der Waals surface area contributed by atoms with E-state index < -0.39 is 107 Å². The molecule has 2 saturated heterocycles. The van der Waals surface area contributed by atoms with E-state index in [1.807, 2.05) is 93.2 Å². The van der Waals surface area contributed by atoms with Gasteiger partial charge in [0.15, 0.2) is 33.5 Å². The van der Waals surface area contributed by atoms with Gasteiger partial charge in [-0.3, -0.25) is 39.2 Å². The Hall–Kier alpha value is -6.74. The number of amides is 4. The first kappa shape index (κ1) is 61.4. The summed E-state index contributed by atoms with van der Waals surface area (Å²) >= 11 is 7.86. The molecule has 2 fully saturated rings. The lowest BCUT2D eigenvalue weighted by molar-refractivity contribution is -0.671. The number of hydrogen-bond acceptors (Lipinski definition) is 29. The zero-order chi connectivity index (χ0) is 60.5. The van der Waals surface area contributed by atoms with Crippen LogP contribution in [0.4, 0.5) is 10.3 Å². The van der Waals surface area contributed by atoms with Gasteiger partial charge in [0.25, 0.3) is 23.6 Å². The number of thioether (sulfide) groups is 4. The lowest BCUT2D eigenvalue weighted by Crippen LogP contribution is -2.71. The third-order valence-corrected chi connectivity index (χ3v) is 23.0. The molecule has 0 bridgehead atoms. The number of nitrogens with one attached hydrogen (secondary N) is 4. The van der Waals surface area contributed by atoms with Gasteiger partial charge in [0.2, 0.25) is 33.3 Å². The van der Waals surface area contributed by atoms with Crippen molar-refractivity contribution in [3.05, 3.63) is 92.7 Å². The van der Waals surface area contributed by atoms with Crippen molar-refractivity contribution in [2.24, 2.45) is 24.4 Å². The maximum Gasteiger partial charge on any atom is 0.440 e. The number of carboxylic acids is 2. The molecule has 10 rings (SSSR count). The highest BCUT2D eigenvalue weighted by Crippen LogP contribution is 2.59. The molecule has 0 radical (unpaired) electrons. The normalized spacial score (nSPS) is 20.1. The maximum absolute atomic E-state index is 13.7. The van der Waals surface area contributed by atoms with Gasteiger partial charge in [0.1, 0.15) is 50.1 Å². The van der Waals surface area contributed by atoms with Crippen LogP contribution >= 0.6 is 108 Å². The predicted molar refractivity (Wildman–Crippen MR) is 307 cm³/mol. The molecular weight excluding hydrogens is 1310 g/mol. The highest BCUT2D eigenvalue weighted by molar-refractivity contribution is 8.07. The molecule has 4 amide bonds. The fraction of sp³-hybridized carbons (Fsp3) is 0.273. The summed E-state index contributed by atoms with van der Waals surface area (Å²) in [7, 11) is -7.04. The van der Waals surface area contributed by atoms with Crippen LogP contribution in [0.3, 0.4) is 0 Å². The van der Waals surface area contributed by atoms with Crippen LogP contribution in [0.25, 0.3) is 22.5 Å². The fourth-order valence-corrected chi connectivity index (χ4v) is 18.9. The maximum atomic E-state index is 13.7. The minimum Gasteiger partial charge on any atom is -0.543 e. The lowest BCUT2D eigenvalue weighted by Gasteiger charge is -2.50. The number of fused-ring (bicyclic) bond motifs is 2. The summed E-state index contributed by atoms with van der Waals surface area (Å²) in [5.74, 6) is -7.67. The molecule has 0 saturated carbocycles. The Kier molecular flexibility index (Phi) is 18.5. The summed E-state index contributed by atoms with van der Waals surface area (Å²) in [6.45, 7) is 2.95. The Bertz CT molecular complexity index is 3650. The molecule has 4 aliphatic rings. The molecule has 6 aromatic rings. The first-order valence-corrected chi connectivity index (χ1v) is 34.4. The summed E-state index contributed by atoms with van der Waals surface area (Å²) < 4.78 is 43.9. The number of rotatable bonds is 24. The number of carboxylic acid groups (broad SMARTS) is 2. The number of oxime groups is 2. The Balaban J connectivity index is 0.744. The topological polar surface area (TPSA) is 415 Å². The zero-order valence-electron chi connectivity index (χ0n) is 43.6. The van der Waals surface area contributed by atoms with Crippen LogP contribution in [0, 0.1) is 0 Å². The van der Waals surface area contributed by atoms with Gasteiger partial charge in [-0.25, -0.2) is 28.2 Å². The van der Waals surface area contributed by atoms with Crippen LogP contribution in [0.5, 0.6) is 0 Å². The molecule has 0 spiro atoms. The van der Waals surface area contributed by atoms with E-state index in [1.54, 1.807) is 0 Å². The molecule has 31 nitrogen and oxygen atoms in total. The number of aromatic nitrogens is 8. The van der Waals surface area contributed by atoms with Gasteiger partial charge >= 0.3 is 15.5 Å². The molecular formula is C44H40N16O15P2S8. The van der Waals surface area contributed by atoms with E-state index in [1.165, 1.54) is 60.0 Å². The minimum absolute atomic E-state index is 0.0619. The van der Waals surface area contributed by atoms with E-state index in [9.17, 15) is 57.9 Å². The number of β-lactam (4-membered cyclic amide) rings is 2. The first-order valence-electron chi connectivity index (χ1n) is 24.2. The number of aryl methyl sites for hydroxylation is 2. The summed E-state index contributed by atoms with van der Waals surface area (Å²) in [6.07, 6.45) is 7.44. The second-order valence-corrected chi connectivity index (χ2v) is 28.8. The quantitative estimate of drug-likeness (QED) is 0.0161. The number of hydrogen-bond donors (Lipinski definition) is 6. The van der Waals surface area contributed by atoms with Crippen molar-refractivity contribution < 1.29 is 81.0 Å². The van der Waals surface area contributed by atoms with Gasteiger partial charge in [0, 0.05) is 90.5 Å². The second-order valence-electron chi connectivity index (χ2n) is 17.5. The van der Waals surface area contributed by atoms with Gasteiger partial charge in [-0.1, -0.05) is 33.8 Å². The van der Waals surface area contributed by atoms with Crippen LogP contribution in [0.1, 0.15) is 25.5 Å². The van der Waals surface area contributed by atoms with Gasteiger partial charge < -0.3 is 49.9 Å². The third kappa shape index (κ3) is 13.6. The molecule has 0 aliphatic carbocycles. The van der Waals surface area contributed by atoms with Crippen LogP contribution in [-0.4, -0.2) is 143 Å². The molecule has 6 aromatic heterocycles. The molecule has 6 N–H and O–H groups in total. The van der Waals surface area contributed by atoms with Crippen molar-refractivity contribution in [3.8, 4) is 22.5 Å². The van der Waals surface area contributed by atoms with Crippen LogP contribution in [-0.2, 0) is 66.0 Å². The Labute approximate surface area is 512 Å². The molecule has 41 heteroatoms. The summed E-state index contributed by atoms with van der Waals surface area (Å²) in [5.41, 5.74) is 1.08. The van der Waals surface area contributed by atoms with Crippen molar-refractivity contribution in [2.45, 2.75) is 45.4 Å². The summed E-state index contributed by atoms with van der Waals surface area (Å²) in [5, 5.41) is 42.2. The number of anilines is 2. The molecule has 6 atom stereocenters. The second kappa shape index (κ2) is 25.7. The molecule has 2 unspecified atom stereocenters. The minimum atomic E-state index is -5.40. The Morgan fingerprint density at radius 2 is 1.07 bits per heavy atom. The smallest absolute Gasteiger partial charge is 0.440 e. The number of carbonyl (C=O) groups is 6. The fourth-order valence-electron chi connectivity index (χ4n) is 7.95. The molecule has 0 aromatic carbocycles. The Morgan fingerprint density at radius 1 is 0.682 bits per heavy atom. The third-order valence-electron chi connectivity index (χ3n) is 11.7. The zero-order valence-corrected chi connectivity index (χ0v) is 52.0. The summed E-state index contributed by atoms with van der Waals surface area (Å²) in [4.78, 5) is 131. The van der Waals surface area contributed by atoms with Gasteiger partial charge in [-0.05, 0) is 13.8 Å². The van der Waals surface area contributed by atoms with Crippen molar-refractivity contribution in [2.75, 3.05) is 34.9 Å². The van der Waals surface area contributed by atoms with Crippen molar-refractivity contribution in [1.82, 2.24) is 49.1 Å². The predicted octanol–water partition coefficient (Wildman–Crippen LogP) is 0.816. The van der Waals surface area contributed by atoms with E-state index >= 15 is 0 Å². The number of aliphatic carboxylic acids is 2. The molecule has 444 valence electrons. The van der Waals surface area contributed by atoms with E-state index in [0.29, 0.717) is 52.9 Å². The largest absolute Gasteiger partial charge is 0.543 e. The van der Waals surface area contributed by atoms with E-state index in [2.05, 4.69) is 53.9 Å². The van der Waals surface area contributed by atoms with Crippen molar-refractivity contribution in [1.29, 1.82) is 0 Å². The van der Waals surface area contributed by atoms with Crippen molar-refractivity contribution >= 4 is 166 Å². The average Bonchev–Trinajstić information content (AvgIpc) is 1.34. The average molecular weight is 1350 g/mol. The highest BCUT2D eigenvalue weighted by atomic mass is 32.2. The van der Waals surface area contributed by atoms with E-state index in [0.717, 1.165) is 44.5 Å². The summed E-state index contributed by atoms with van der Waals surface area (Å²) in [6, 6.07) is 4.99. The number of pyridine rings is 2. The SMILES string of the molecule is CCO/N=C(\C(=O)N[C@@H]1C(=O)N2C(C(=O)[O-])=C(Sc3nc(-c4cc[n+](C)cc4)cs3)CS[C@H]12)c1nsc(NP(=O)(O)OP(=O)(O)Nc2nc(/C(=N/OCC)C(=O)N[C@@H]3C(=O)N4C(C(=O)[O-])=C(Sc5nc(-c6cc[n+](C)cc6)cs5)CS[C@H]34)ns2)n1. The first-order chi connectivity index (χ1) is 40.6. The number of nitrogens with zero attached hydrogens (tertiary/aromatic N) is 12. The van der Waals surface area contributed by atoms with Crippen molar-refractivity contribution in [3.63, 3.8) is 0 Å². The number of thiazole rings is 2. The Morgan fingerprint density at radius 3 is 1.44 bits per heavy atom. The van der Waals surface area contributed by atoms with Crippen LogP contribution < -0.4 is 40.2 Å². The van der Waals surface area contributed by atoms with E-state index in [4.69, 9.17) is 9.68 Å². The highest BCUT2D eigenvalue weighted by Gasteiger charge is 2.55. The molecule has 10 heterocycles. The van der Waals surface area contributed by atoms with Crippen LogP contribution in [0.2, 0.25) is 0 Å². The lowest BCUT2D eigenvalue weighted by atomic mass is 10.0. The molecule has 85 heavy (non-hydrogen) atoms. The van der Waals surface area contributed by atoms with Gasteiger partial charge in [-0.15, -0.1) is 46.2 Å². The van der Waals surface area contributed by atoms with Crippen LogP contribution in [0.15, 0.2) is 100 Å². The number of carbonyl (C=O) groups excluding carboxylic acids is 6. The van der Waals surface area contributed by atoms with Gasteiger partial charge in [0.05, 0.1) is 34.7 Å².